The first-order valence-corrected chi connectivity index (χ1v) is 18.8. The average Bonchev–Trinajstić information content (AvgIpc) is 3.61. The molecule has 0 unspecified atom stereocenters. The van der Waals surface area contributed by atoms with Crippen LogP contribution in [0, 0.1) is 0 Å². The van der Waals surface area contributed by atoms with Crippen LogP contribution >= 0.6 is 87.2 Å². The molecule has 6 aromatic rings. The van der Waals surface area contributed by atoms with E-state index in [0.717, 1.165) is 53.4 Å². The van der Waals surface area contributed by atoms with Crippen LogP contribution in [0.3, 0.4) is 0 Å². The fraction of sp³-hybridized carbons (Fsp3) is 0.161. The zero-order valence-corrected chi connectivity index (χ0v) is 33.9. The Balaban J connectivity index is 0.000000327. The summed E-state index contributed by atoms with van der Waals surface area (Å²) in [5.74, 6) is -1.02. The van der Waals surface area contributed by atoms with E-state index in [0.29, 0.717) is 32.9 Å². The summed E-state index contributed by atoms with van der Waals surface area (Å²) >= 11 is 16.4. The number of carboxylic acids is 1. The molecular weight excluding hydrogens is 927 g/mol. The fourth-order valence-corrected chi connectivity index (χ4v) is 7.96. The molecule has 0 spiro atoms. The molecule has 18 heteroatoms. The summed E-state index contributed by atoms with van der Waals surface area (Å²) in [5, 5.41) is 30.9. The van der Waals surface area contributed by atoms with Crippen LogP contribution in [0.5, 0.6) is 0 Å². The van der Waals surface area contributed by atoms with Gasteiger partial charge in [-0.05, 0) is 76.7 Å². The molecule has 0 saturated heterocycles. The van der Waals surface area contributed by atoms with Gasteiger partial charge in [-0.15, -0.1) is 20.4 Å². The summed E-state index contributed by atoms with van der Waals surface area (Å²) in [6.45, 7) is 1.16. The maximum absolute atomic E-state index is 11.4. The number of rotatable bonds is 10. The van der Waals surface area contributed by atoms with Crippen LogP contribution < -0.4 is 18.9 Å². The predicted octanol–water partition coefficient (Wildman–Crippen LogP) is 5.52. The van der Waals surface area contributed by atoms with Crippen molar-refractivity contribution in [3.05, 3.63) is 102 Å². The minimum absolute atomic E-state index is 0. The van der Waals surface area contributed by atoms with Crippen molar-refractivity contribution in [1.82, 2.24) is 29.5 Å². The number of fused-ring (bicyclic) bond motifs is 2. The summed E-state index contributed by atoms with van der Waals surface area (Å²) in [5.41, 5.74) is 2.26. The van der Waals surface area contributed by atoms with E-state index < -0.39 is 5.97 Å². The number of aromatic nitrogens is 6. The maximum atomic E-state index is 11.4. The molecule has 2 N–H and O–H groups in total. The fourth-order valence-electron chi connectivity index (χ4n) is 4.60. The number of benzene rings is 4. The third kappa shape index (κ3) is 10.4. The van der Waals surface area contributed by atoms with Crippen molar-refractivity contribution in [2.75, 3.05) is 18.6 Å². The zero-order valence-electron chi connectivity index (χ0n) is 25.9. The first kappa shape index (κ1) is 41.2. The predicted molar refractivity (Wildman–Crippen MR) is 202 cm³/mol. The van der Waals surface area contributed by atoms with Gasteiger partial charge >= 0.3 is 30.8 Å². The van der Waals surface area contributed by atoms with Gasteiger partial charge < -0.3 is 15.3 Å². The Morgan fingerprint density at radius 1 is 0.694 bits per heavy atom. The smallest absolute Gasteiger partial charge is 0.870 e. The number of hydrogen-bond donors (Lipinski definition) is 1. The molecule has 0 radical (unpaired) electrons. The second-order valence-corrected chi connectivity index (χ2v) is 14.7. The SMILES string of the molecule is COC(=O)CSc1nnc(Br)n1Cc1ccc(Br)c2ccccc12.O=C(O)CSc1nnc(Br)n1Cc1ccc(Br)c2ccccc12.[HH].[Li+].[OH-]. The van der Waals surface area contributed by atoms with Gasteiger partial charge in [-0.3, -0.25) is 18.7 Å². The number of halogens is 4. The normalized spacial score (nSPS) is 10.6. The van der Waals surface area contributed by atoms with Crippen LogP contribution in [0.1, 0.15) is 12.6 Å². The maximum Gasteiger partial charge on any atom is 1.00 e. The number of nitrogens with zero attached hydrogens (tertiary/aromatic N) is 6. The van der Waals surface area contributed by atoms with Gasteiger partial charge in [-0.1, -0.05) is 116 Å². The van der Waals surface area contributed by atoms with Crippen LogP contribution in [0.15, 0.2) is 102 Å². The number of aliphatic carboxylic acids is 1. The molecule has 0 aliphatic carbocycles. The molecule has 0 saturated carbocycles. The Bertz CT molecular complexity index is 2090. The minimum atomic E-state index is -0.880. The molecule has 6 rings (SSSR count). The van der Waals surface area contributed by atoms with Gasteiger partial charge in [0.05, 0.1) is 31.7 Å². The van der Waals surface area contributed by atoms with Crippen LogP contribution in [0.4, 0.5) is 0 Å². The Hall–Kier alpha value is -2.20. The Kier molecular flexibility index (Phi) is 16.3. The van der Waals surface area contributed by atoms with Gasteiger partial charge in [0.25, 0.3) is 0 Å². The Morgan fingerprint density at radius 3 is 1.51 bits per heavy atom. The van der Waals surface area contributed by atoms with Crippen LogP contribution in [-0.2, 0) is 27.4 Å². The van der Waals surface area contributed by atoms with Crippen molar-refractivity contribution in [1.29, 1.82) is 0 Å². The molecule has 0 amide bonds. The second-order valence-electron chi connectivity index (χ2n) is 9.73. The van der Waals surface area contributed by atoms with Gasteiger partial charge in [-0.2, -0.15) is 0 Å². The monoisotopic (exact) mass is 950 g/mol. The number of carbonyl (C=O) groups is 2. The molecule has 0 fully saturated rings. The van der Waals surface area contributed by atoms with Crippen molar-refractivity contribution in [3.63, 3.8) is 0 Å². The average molecular weight is 954 g/mol. The number of ether oxygens (including phenoxy) is 1. The molecule has 0 atom stereocenters. The molecule has 2 heterocycles. The van der Waals surface area contributed by atoms with Crippen molar-refractivity contribution < 1.29 is 45.2 Å². The topological polar surface area (TPSA) is 155 Å². The van der Waals surface area contributed by atoms with E-state index in [9.17, 15) is 9.59 Å². The summed E-state index contributed by atoms with van der Waals surface area (Å²) < 4.78 is 11.8. The van der Waals surface area contributed by atoms with Crippen molar-refractivity contribution in [2.45, 2.75) is 23.4 Å². The van der Waals surface area contributed by atoms with Gasteiger partial charge in [0, 0.05) is 10.4 Å². The zero-order chi connectivity index (χ0) is 33.5. The number of thioether (sulfide) groups is 2. The standard InChI is InChI=1S/C16H13Br2N3O2S.C15H11Br2N3O2S.Li.H2O.H2/c1-23-14(22)9-24-16-20-19-15(18)21(16)8-10-6-7-13(17)12-5-3-2-4-11(10)12;16-12-6-5-9(10-3-1-2-4-11(10)12)7-20-14(17)18-19-15(20)23-8-13(21)22;;;/h2-7H,8-9H2,1H3;1-6H,7-8H2,(H,21,22);;1H2;1H/q;;+1;;/p-1. The van der Waals surface area contributed by atoms with Gasteiger partial charge in [0.15, 0.2) is 10.3 Å². The van der Waals surface area contributed by atoms with E-state index in [2.05, 4.69) is 119 Å². The Labute approximate surface area is 336 Å². The molecule has 252 valence electrons. The van der Waals surface area contributed by atoms with Crippen LogP contribution in [-0.4, -0.2) is 70.7 Å². The third-order valence-electron chi connectivity index (χ3n) is 6.79. The molecule has 2 aromatic heterocycles. The summed E-state index contributed by atoms with van der Waals surface area (Å²) in [4.78, 5) is 22.1. The first-order chi connectivity index (χ1) is 22.7. The Morgan fingerprint density at radius 2 is 1.10 bits per heavy atom. The number of methoxy groups -OCH3 is 1. The van der Waals surface area contributed by atoms with Gasteiger partial charge in [0.2, 0.25) is 9.47 Å². The summed E-state index contributed by atoms with van der Waals surface area (Å²) in [7, 11) is 1.37. The molecule has 0 aliphatic rings. The quantitative estimate of drug-likeness (QED) is 0.105. The van der Waals surface area contributed by atoms with E-state index in [4.69, 9.17) is 5.11 Å². The third-order valence-corrected chi connectivity index (χ3v) is 11.2. The molecule has 49 heavy (non-hydrogen) atoms. The van der Waals surface area contributed by atoms with E-state index in [1.807, 2.05) is 51.6 Å². The van der Waals surface area contributed by atoms with E-state index in [1.165, 1.54) is 18.9 Å². The van der Waals surface area contributed by atoms with Crippen molar-refractivity contribution in [2.24, 2.45) is 0 Å². The number of carboxylic acid groups (broad SMARTS) is 1. The minimum Gasteiger partial charge on any atom is -0.870 e. The molecule has 4 aromatic carbocycles. The van der Waals surface area contributed by atoms with Crippen molar-refractivity contribution in [3.8, 4) is 0 Å². The second kappa shape index (κ2) is 19.4. The molecule has 11 nitrogen and oxygen atoms in total. The van der Waals surface area contributed by atoms with E-state index >= 15 is 0 Å². The van der Waals surface area contributed by atoms with Crippen molar-refractivity contribution >= 4 is 121 Å². The summed E-state index contributed by atoms with van der Waals surface area (Å²) in [6.07, 6.45) is 0. The summed E-state index contributed by atoms with van der Waals surface area (Å²) in [6, 6.07) is 24.5. The number of hydrogen-bond acceptors (Lipinski definition) is 10. The van der Waals surface area contributed by atoms with E-state index in [-0.39, 0.29) is 43.2 Å². The van der Waals surface area contributed by atoms with Crippen LogP contribution in [0.2, 0.25) is 0 Å². The molecule has 0 bridgehead atoms. The molecular formula is C31H27Br4LiN6O5S2. The molecule has 0 aliphatic heterocycles. The number of esters is 1. The first-order valence-electron chi connectivity index (χ1n) is 13.7. The van der Waals surface area contributed by atoms with Gasteiger partial charge in [0.1, 0.15) is 0 Å². The van der Waals surface area contributed by atoms with Gasteiger partial charge in [-0.25, -0.2) is 0 Å². The number of carbonyl (C=O) groups excluding carboxylic acids is 1. The van der Waals surface area contributed by atoms with Crippen LogP contribution in [0.25, 0.3) is 21.5 Å². The largest absolute Gasteiger partial charge is 1.00 e. The van der Waals surface area contributed by atoms with E-state index in [1.54, 1.807) is 0 Å².